The second kappa shape index (κ2) is 6.85. The summed E-state index contributed by atoms with van der Waals surface area (Å²) in [4.78, 5) is 10.6. The van der Waals surface area contributed by atoms with E-state index >= 15 is 0 Å². The second-order valence-corrected chi connectivity index (χ2v) is 3.95. The molecule has 0 fully saturated rings. The first-order chi connectivity index (χ1) is 8.08. The van der Waals surface area contributed by atoms with E-state index in [1.54, 1.807) is 0 Å². The van der Waals surface area contributed by atoms with E-state index in [2.05, 4.69) is 26.1 Å². The molecule has 1 rings (SSSR count). The van der Waals surface area contributed by atoms with Crippen LogP contribution < -0.4 is 16.0 Å². The van der Waals surface area contributed by atoms with E-state index in [4.69, 9.17) is 4.42 Å². The van der Waals surface area contributed by atoms with Crippen molar-refractivity contribution >= 4 is 11.9 Å². The number of nitrogens with zero attached hydrogens (tertiary/aromatic N) is 2. The summed E-state index contributed by atoms with van der Waals surface area (Å²) >= 11 is 0. The highest BCUT2D eigenvalue weighted by Crippen LogP contribution is 2.04. The van der Waals surface area contributed by atoms with Gasteiger partial charge in [0.15, 0.2) is 0 Å². The normalized spacial score (nSPS) is 10.6. The molecule has 7 heteroatoms. The molecule has 0 bridgehead atoms. The molecule has 0 atom stereocenters. The first kappa shape index (κ1) is 13.4. The van der Waals surface area contributed by atoms with Crippen LogP contribution in [0.2, 0.25) is 0 Å². The zero-order valence-corrected chi connectivity index (χ0v) is 10.4. The quantitative estimate of drug-likeness (QED) is 0.587. The summed E-state index contributed by atoms with van der Waals surface area (Å²) in [5.74, 6) is 0.486. The van der Waals surface area contributed by atoms with Gasteiger partial charge in [-0.15, -0.1) is 5.10 Å². The van der Waals surface area contributed by atoms with E-state index < -0.39 is 0 Å². The Morgan fingerprint density at radius 2 is 2.12 bits per heavy atom. The molecule has 0 spiro atoms. The highest BCUT2D eigenvalue weighted by molar-refractivity contribution is 5.72. The van der Waals surface area contributed by atoms with Gasteiger partial charge in [0.1, 0.15) is 0 Å². The minimum atomic E-state index is -0.0563. The summed E-state index contributed by atoms with van der Waals surface area (Å²) in [7, 11) is 0. The maximum atomic E-state index is 10.6. The molecule has 1 aromatic rings. The van der Waals surface area contributed by atoms with Gasteiger partial charge in [0.25, 0.3) is 0 Å². The number of nitrogens with one attached hydrogen (secondary N) is 3. The lowest BCUT2D eigenvalue weighted by atomic mass is 10.4. The summed E-state index contributed by atoms with van der Waals surface area (Å²) in [6, 6.07) is 0.744. The molecule has 96 valence electrons. The third-order valence-corrected chi connectivity index (χ3v) is 1.90. The first-order valence-corrected chi connectivity index (χ1v) is 5.62. The smallest absolute Gasteiger partial charge is 0.315 e. The fraction of sp³-hybridized carbons (Fsp3) is 0.700. The number of carbonyl (C=O) groups excluding carboxylic acids is 1. The van der Waals surface area contributed by atoms with E-state index in [1.807, 2.05) is 13.8 Å². The molecule has 1 aromatic heterocycles. The van der Waals surface area contributed by atoms with Crippen LogP contribution in [0, 0.1) is 0 Å². The van der Waals surface area contributed by atoms with Crippen molar-refractivity contribution in [3.05, 3.63) is 5.89 Å². The van der Waals surface area contributed by atoms with Crippen LogP contribution >= 0.6 is 0 Å². The van der Waals surface area contributed by atoms with Crippen molar-refractivity contribution in [3.63, 3.8) is 0 Å². The van der Waals surface area contributed by atoms with E-state index in [1.165, 1.54) is 6.92 Å². The van der Waals surface area contributed by atoms with Gasteiger partial charge in [0, 0.05) is 26.1 Å². The fourth-order valence-electron chi connectivity index (χ4n) is 1.10. The zero-order valence-electron chi connectivity index (χ0n) is 10.4. The standard InChI is InChI=1S/C10H19N5O2/c1-7(2)13-6-9-14-15-10(17-9)12-5-4-11-8(3)16/h7,13H,4-6H2,1-3H3,(H,11,16)(H,12,15). The van der Waals surface area contributed by atoms with Crippen molar-refractivity contribution in [2.75, 3.05) is 18.4 Å². The van der Waals surface area contributed by atoms with E-state index in [-0.39, 0.29) is 5.91 Å². The van der Waals surface area contributed by atoms with Crippen LogP contribution in [0.3, 0.4) is 0 Å². The van der Waals surface area contributed by atoms with Crippen LogP contribution in [0.5, 0.6) is 0 Å². The minimum absolute atomic E-state index is 0.0563. The fourth-order valence-corrected chi connectivity index (χ4v) is 1.10. The van der Waals surface area contributed by atoms with Gasteiger partial charge < -0.3 is 20.4 Å². The maximum Gasteiger partial charge on any atom is 0.315 e. The summed E-state index contributed by atoms with van der Waals surface area (Å²) in [6.45, 7) is 7.20. The van der Waals surface area contributed by atoms with Crippen LogP contribution in [-0.4, -0.2) is 35.2 Å². The maximum absolute atomic E-state index is 10.6. The SMILES string of the molecule is CC(=O)NCCNc1nnc(CNC(C)C)o1. The van der Waals surface area contributed by atoms with Gasteiger partial charge in [0.05, 0.1) is 6.54 Å². The average Bonchev–Trinajstić information content (AvgIpc) is 2.69. The molecule has 0 radical (unpaired) electrons. The van der Waals surface area contributed by atoms with Crippen LogP contribution in [-0.2, 0) is 11.3 Å². The van der Waals surface area contributed by atoms with Crippen molar-refractivity contribution in [2.45, 2.75) is 33.4 Å². The van der Waals surface area contributed by atoms with Gasteiger partial charge in [-0.3, -0.25) is 4.79 Å². The number of hydrogen-bond donors (Lipinski definition) is 3. The Labute approximate surface area is 100 Å². The lowest BCUT2D eigenvalue weighted by Crippen LogP contribution is -2.26. The zero-order chi connectivity index (χ0) is 12.7. The highest BCUT2D eigenvalue weighted by atomic mass is 16.4. The van der Waals surface area contributed by atoms with Crippen molar-refractivity contribution in [1.82, 2.24) is 20.8 Å². The van der Waals surface area contributed by atoms with Gasteiger partial charge in [-0.05, 0) is 0 Å². The Hall–Kier alpha value is -1.63. The van der Waals surface area contributed by atoms with Gasteiger partial charge in [-0.1, -0.05) is 18.9 Å². The molecule has 7 nitrogen and oxygen atoms in total. The summed E-state index contributed by atoms with van der Waals surface area (Å²) < 4.78 is 5.33. The lowest BCUT2D eigenvalue weighted by molar-refractivity contribution is -0.118. The average molecular weight is 241 g/mol. The number of aromatic nitrogens is 2. The van der Waals surface area contributed by atoms with Crippen molar-refractivity contribution in [3.8, 4) is 0 Å². The molecule has 0 aliphatic carbocycles. The number of carbonyl (C=O) groups is 1. The Morgan fingerprint density at radius 3 is 2.76 bits per heavy atom. The molecule has 0 aliphatic rings. The predicted octanol–water partition coefficient (Wildman–Crippen LogP) is 0.116. The molecule has 1 heterocycles. The molecule has 17 heavy (non-hydrogen) atoms. The summed E-state index contributed by atoms with van der Waals surface area (Å²) in [6.07, 6.45) is 0. The third kappa shape index (κ3) is 5.86. The van der Waals surface area contributed by atoms with E-state index in [9.17, 15) is 4.79 Å². The Kier molecular flexibility index (Phi) is 5.41. The molecule has 0 saturated carbocycles. The first-order valence-electron chi connectivity index (χ1n) is 5.62. The van der Waals surface area contributed by atoms with Crippen molar-refractivity contribution in [2.24, 2.45) is 0 Å². The topological polar surface area (TPSA) is 92.1 Å². The molecule has 1 amide bonds. The van der Waals surface area contributed by atoms with E-state index in [0.29, 0.717) is 37.6 Å². The Bertz CT molecular complexity index is 350. The molecule has 0 unspecified atom stereocenters. The van der Waals surface area contributed by atoms with Gasteiger partial charge in [-0.25, -0.2) is 0 Å². The predicted molar refractivity (Wildman–Crippen MR) is 63.4 cm³/mol. The molecular formula is C10H19N5O2. The monoisotopic (exact) mass is 241 g/mol. The van der Waals surface area contributed by atoms with Crippen molar-refractivity contribution in [1.29, 1.82) is 0 Å². The van der Waals surface area contributed by atoms with E-state index in [0.717, 1.165) is 0 Å². The molecule has 0 aliphatic heterocycles. The number of hydrogen-bond acceptors (Lipinski definition) is 6. The van der Waals surface area contributed by atoms with Crippen molar-refractivity contribution < 1.29 is 9.21 Å². The van der Waals surface area contributed by atoms with Gasteiger partial charge >= 0.3 is 6.01 Å². The Morgan fingerprint density at radius 1 is 1.35 bits per heavy atom. The molecule has 0 saturated heterocycles. The molecule has 3 N–H and O–H groups in total. The van der Waals surface area contributed by atoms with Gasteiger partial charge in [0.2, 0.25) is 11.8 Å². The lowest BCUT2D eigenvalue weighted by Gasteiger charge is -2.03. The highest BCUT2D eigenvalue weighted by Gasteiger charge is 2.05. The second-order valence-electron chi connectivity index (χ2n) is 3.95. The number of rotatable bonds is 7. The largest absolute Gasteiger partial charge is 0.407 e. The third-order valence-electron chi connectivity index (χ3n) is 1.90. The van der Waals surface area contributed by atoms with Crippen LogP contribution in [0.25, 0.3) is 0 Å². The summed E-state index contributed by atoms with van der Waals surface area (Å²) in [5, 5.41) is 16.5. The van der Waals surface area contributed by atoms with Crippen LogP contribution in [0.15, 0.2) is 4.42 Å². The Balaban J connectivity index is 2.23. The molecule has 0 aromatic carbocycles. The number of anilines is 1. The molecular weight excluding hydrogens is 222 g/mol. The summed E-state index contributed by atoms with van der Waals surface area (Å²) in [5.41, 5.74) is 0. The van der Waals surface area contributed by atoms with Gasteiger partial charge in [-0.2, -0.15) is 0 Å². The van der Waals surface area contributed by atoms with Crippen LogP contribution in [0.4, 0.5) is 6.01 Å². The van der Waals surface area contributed by atoms with Crippen LogP contribution in [0.1, 0.15) is 26.7 Å². The number of amides is 1. The minimum Gasteiger partial charge on any atom is -0.407 e.